The van der Waals surface area contributed by atoms with Gasteiger partial charge in [0.1, 0.15) is 0 Å². The summed E-state index contributed by atoms with van der Waals surface area (Å²) in [5.74, 6) is 0.286. The molecule has 0 unspecified atom stereocenters. The van der Waals surface area contributed by atoms with Crippen LogP contribution < -0.4 is 0 Å². The Morgan fingerprint density at radius 2 is 1.56 bits per heavy atom. The number of carbonyl (C=O) groups is 1. The number of hydrogen-bond acceptors (Lipinski definition) is 2. The fourth-order valence-corrected chi connectivity index (χ4v) is 4.44. The number of fused-ring (bicyclic) bond motifs is 1. The van der Waals surface area contributed by atoms with Crippen LogP contribution in [0.1, 0.15) is 43.2 Å². The summed E-state index contributed by atoms with van der Waals surface area (Å²) in [4.78, 5) is 12.0. The monoisotopic (exact) mass is 378 g/mol. The molecule has 0 aliphatic carbocycles. The van der Waals surface area contributed by atoms with E-state index in [1.807, 2.05) is 11.8 Å². The molecule has 0 radical (unpaired) electrons. The summed E-state index contributed by atoms with van der Waals surface area (Å²) in [5, 5.41) is 11.4. The molecule has 140 valence electrons. The summed E-state index contributed by atoms with van der Waals surface area (Å²) in [6.45, 7) is 0. The Hall–Kier alpha value is -2.26. The van der Waals surface area contributed by atoms with Crippen LogP contribution in [0, 0.1) is 0 Å². The highest BCUT2D eigenvalue weighted by Crippen LogP contribution is 2.33. The van der Waals surface area contributed by atoms with Crippen LogP contribution in [-0.4, -0.2) is 11.1 Å². The predicted octanol–water partition coefficient (Wildman–Crippen LogP) is 6.71. The maximum absolute atomic E-state index is 10.6. The molecule has 0 spiro atoms. The number of carboxylic acid groups (broad SMARTS) is 1. The summed E-state index contributed by atoms with van der Waals surface area (Å²) >= 11 is 1.91. The highest BCUT2D eigenvalue weighted by Gasteiger charge is 2.09. The molecule has 0 fully saturated rings. The minimum atomic E-state index is -0.691. The van der Waals surface area contributed by atoms with Crippen LogP contribution in [0.4, 0.5) is 0 Å². The van der Waals surface area contributed by atoms with Crippen molar-refractivity contribution in [1.29, 1.82) is 0 Å². The van der Waals surface area contributed by atoms with E-state index in [4.69, 9.17) is 5.11 Å². The Balaban J connectivity index is 1.69. The molecule has 0 amide bonds. The van der Waals surface area contributed by atoms with E-state index < -0.39 is 5.97 Å². The first kappa shape index (κ1) is 19.5. The van der Waals surface area contributed by atoms with E-state index in [9.17, 15) is 4.79 Å². The smallest absolute Gasteiger partial charge is 0.303 e. The van der Waals surface area contributed by atoms with Crippen molar-refractivity contribution in [2.45, 2.75) is 49.2 Å². The van der Waals surface area contributed by atoms with Crippen LogP contribution in [0.25, 0.3) is 10.8 Å². The first-order chi connectivity index (χ1) is 13.2. The number of benzene rings is 3. The lowest BCUT2D eigenvalue weighted by atomic mass is 9.99. The molecule has 3 aromatic carbocycles. The van der Waals surface area contributed by atoms with Gasteiger partial charge in [-0.2, -0.15) is 0 Å². The zero-order chi connectivity index (χ0) is 18.9. The van der Waals surface area contributed by atoms with Crippen molar-refractivity contribution >= 4 is 28.5 Å². The Bertz CT molecular complexity index is 874. The number of rotatable bonds is 10. The molecule has 27 heavy (non-hydrogen) atoms. The Morgan fingerprint density at radius 3 is 2.37 bits per heavy atom. The van der Waals surface area contributed by atoms with E-state index in [2.05, 4.69) is 66.7 Å². The summed E-state index contributed by atoms with van der Waals surface area (Å²) in [6, 6.07) is 23.7. The normalized spacial score (nSPS) is 11.0. The second-order valence-corrected chi connectivity index (χ2v) is 7.86. The SMILES string of the molecule is O=C(O)CCCCCCc1c(SCc2ccccc2)ccc2ccccc12. The fourth-order valence-electron chi connectivity index (χ4n) is 3.38. The number of aryl methyl sites for hydroxylation is 1. The molecule has 0 heterocycles. The number of thioether (sulfide) groups is 1. The molecule has 3 rings (SSSR count). The number of unbranched alkanes of at least 4 members (excludes halogenated alkanes) is 3. The van der Waals surface area contributed by atoms with Gasteiger partial charge in [-0.1, -0.05) is 73.5 Å². The van der Waals surface area contributed by atoms with Gasteiger partial charge < -0.3 is 5.11 Å². The van der Waals surface area contributed by atoms with Crippen molar-refractivity contribution in [3.63, 3.8) is 0 Å². The molecule has 0 aliphatic rings. The van der Waals surface area contributed by atoms with Gasteiger partial charge in [-0.3, -0.25) is 4.79 Å². The van der Waals surface area contributed by atoms with Crippen LogP contribution in [0.2, 0.25) is 0 Å². The molecule has 2 nitrogen and oxygen atoms in total. The van der Waals surface area contributed by atoms with Gasteiger partial charge in [0.15, 0.2) is 0 Å². The number of hydrogen-bond donors (Lipinski definition) is 1. The van der Waals surface area contributed by atoms with E-state index in [-0.39, 0.29) is 6.42 Å². The Kier molecular flexibility index (Phi) is 7.35. The third-order valence-electron chi connectivity index (χ3n) is 4.80. The first-order valence-electron chi connectivity index (χ1n) is 9.63. The van der Waals surface area contributed by atoms with E-state index in [0.29, 0.717) is 0 Å². The molecule has 1 N–H and O–H groups in total. The van der Waals surface area contributed by atoms with Gasteiger partial charge in [0, 0.05) is 17.1 Å². The zero-order valence-electron chi connectivity index (χ0n) is 15.6. The molecule has 0 aromatic heterocycles. The highest BCUT2D eigenvalue weighted by atomic mass is 32.2. The van der Waals surface area contributed by atoms with Crippen molar-refractivity contribution in [1.82, 2.24) is 0 Å². The van der Waals surface area contributed by atoms with Crippen molar-refractivity contribution in [3.8, 4) is 0 Å². The molecule has 0 saturated heterocycles. The third-order valence-corrected chi connectivity index (χ3v) is 5.97. The van der Waals surface area contributed by atoms with Crippen LogP contribution in [0.5, 0.6) is 0 Å². The lowest BCUT2D eigenvalue weighted by Crippen LogP contribution is -1.95. The van der Waals surface area contributed by atoms with Gasteiger partial charge in [0.05, 0.1) is 0 Å². The van der Waals surface area contributed by atoms with Crippen molar-refractivity contribution < 1.29 is 9.90 Å². The molecular weight excluding hydrogens is 352 g/mol. The number of carboxylic acids is 1. The summed E-state index contributed by atoms with van der Waals surface area (Å²) in [5.41, 5.74) is 2.78. The van der Waals surface area contributed by atoms with Crippen molar-refractivity contribution in [2.75, 3.05) is 0 Å². The molecule has 3 heteroatoms. The number of aliphatic carboxylic acids is 1. The highest BCUT2D eigenvalue weighted by molar-refractivity contribution is 7.98. The lowest BCUT2D eigenvalue weighted by molar-refractivity contribution is -0.137. The van der Waals surface area contributed by atoms with Gasteiger partial charge in [0.2, 0.25) is 0 Å². The summed E-state index contributed by atoms with van der Waals surface area (Å²) < 4.78 is 0. The van der Waals surface area contributed by atoms with Crippen LogP contribution in [-0.2, 0) is 17.0 Å². The zero-order valence-corrected chi connectivity index (χ0v) is 16.4. The minimum Gasteiger partial charge on any atom is -0.481 e. The molecule has 0 aliphatic heterocycles. The second kappa shape index (κ2) is 10.2. The van der Waals surface area contributed by atoms with Crippen LogP contribution >= 0.6 is 11.8 Å². The van der Waals surface area contributed by atoms with Gasteiger partial charge in [-0.25, -0.2) is 0 Å². The minimum absolute atomic E-state index is 0.284. The van der Waals surface area contributed by atoms with Crippen LogP contribution in [0.15, 0.2) is 71.6 Å². The van der Waals surface area contributed by atoms with E-state index in [0.717, 1.165) is 37.9 Å². The van der Waals surface area contributed by atoms with Gasteiger partial charge in [0.25, 0.3) is 0 Å². The second-order valence-electron chi connectivity index (χ2n) is 6.85. The van der Waals surface area contributed by atoms with Crippen LogP contribution in [0.3, 0.4) is 0 Å². The van der Waals surface area contributed by atoms with Crippen molar-refractivity contribution in [3.05, 3.63) is 77.9 Å². The quantitative estimate of drug-likeness (QED) is 0.315. The van der Waals surface area contributed by atoms with Gasteiger partial charge >= 0.3 is 5.97 Å². The van der Waals surface area contributed by atoms with E-state index >= 15 is 0 Å². The van der Waals surface area contributed by atoms with Gasteiger partial charge in [-0.15, -0.1) is 11.8 Å². The predicted molar refractivity (Wildman–Crippen MR) is 114 cm³/mol. The topological polar surface area (TPSA) is 37.3 Å². The third kappa shape index (κ3) is 5.86. The van der Waals surface area contributed by atoms with E-state index in [1.165, 1.54) is 26.8 Å². The molecule has 0 bridgehead atoms. The molecule has 0 saturated carbocycles. The molecule has 0 atom stereocenters. The summed E-state index contributed by atoms with van der Waals surface area (Å²) in [7, 11) is 0. The largest absolute Gasteiger partial charge is 0.481 e. The molecular formula is C24H26O2S. The van der Waals surface area contributed by atoms with E-state index in [1.54, 1.807) is 0 Å². The standard InChI is InChI=1S/C24H26O2S/c25-24(26)15-7-2-1-6-14-22-21-13-9-8-12-20(21)16-17-23(22)27-18-19-10-4-3-5-11-19/h3-5,8-13,16-17H,1-2,6-7,14-15,18H2,(H,25,26). The molecule has 3 aromatic rings. The van der Waals surface area contributed by atoms with Crippen molar-refractivity contribution in [2.24, 2.45) is 0 Å². The summed E-state index contributed by atoms with van der Waals surface area (Å²) in [6.07, 6.45) is 5.29. The lowest BCUT2D eigenvalue weighted by Gasteiger charge is -2.13. The fraction of sp³-hybridized carbons (Fsp3) is 0.292. The van der Waals surface area contributed by atoms with Gasteiger partial charge in [-0.05, 0) is 47.2 Å². The average Bonchev–Trinajstić information content (AvgIpc) is 2.70. The Morgan fingerprint density at radius 1 is 0.815 bits per heavy atom. The maximum atomic E-state index is 10.6. The first-order valence-corrected chi connectivity index (χ1v) is 10.6. The Labute approximate surface area is 165 Å². The maximum Gasteiger partial charge on any atom is 0.303 e. The average molecular weight is 379 g/mol.